The lowest BCUT2D eigenvalue weighted by atomic mass is 10.2. The molecule has 1 amide bonds. The van der Waals surface area contributed by atoms with Gasteiger partial charge in [-0.3, -0.25) is 4.79 Å². The third-order valence-corrected chi connectivity index (χ3v) is 2.30. The molecule has 82 valence electrons. The van der Waals surface area contributed by atoms with E-state index in [0.717, 1.165) is 4.47 Å². The van der Waals surface area contributed by atoms with Crippen LogP contribution < -0.4 is 16.8 Å². The van der Waals surface area contributed by atoms with Gasteiger partial charge in [-0.05, 0) is 18.2 Å². The lowest BCUT2D eigenvalue weighted by Gasteiger charge is -2.11. The van der Waals surface area contributed by atoms with E-state index >= 15 is 0 Å². The summed E-state index contributed by atoms with van der Waals surface area (Å²) in [5.41, 5.74) is 10.6. The molecular weight excluding hydrogens is 265 g/mol. The zero-order valence-electron chi connectivity index (χ0n) is 7.84. The van der Waals surface area contributed by atoms with E-state index in [2.05, 4.69) is 21.2 Å². The fourth-order valence-electron chi connectivity index (χ4n) is 0.953. The molecule has 1 rings (SSSR count). The van der Waals surface area contributed by atoms with Crippen LogP contribution in [-0.2, 0) is 4.79 Å². The largest absolute Gasteiger partial charge is 0.381 e. The number of carbonyl (C=O) groups is 1. The Hall–Kier alpha value is -1.14. The first kappa shape index (κ1) is 11.9. The van der Waals surface area contributed by atoms with Gasteiger partial charge in [-0.1, -0.05) is 15.9 Å². The summed E-state index contributed by atoms with van der Waals surface area (Å²) in [5, 5.41) is 2.70. The smallest absolute Gasteiger partial charge is 0.236 e. The number of nitrogens with two attached hydrogens (primary N) is 2. The summed E-state index contributed by atoms with van der Waals surface area (Å²) in [6.07, 6.45) is 0. The molecule has 1 aromatic rings. The third-order valence-electron chi connectivity index (χ3n) is 1.81. The molecule has 5 N–H and O–H groups in total. The number of anilines is 1. The number of amides is 1. The molecule has 15 heavy (non-hydrogen) atoms. The van der Waals surface area contributed by atoms with Crippen LogP contribution in [0.5, 0.6) is 0 Å². The Morgan fingerprint density at radius 2 is 2.27 bits per heavy atom. The van der Waals surface area contributed by atoms with Crippen LogP contribution in [0.2, 0.25) is 0 Å². The van der Waals surface area contributed by atoms with Crippen molar-refractivity contribution >= 4 is 27.5 Å². The van der Waals surface area contributed by atoms with Crippen LogP contribution in [0.4, 0.5) is 10.1 Å². The van der Waals surface area contributed by atoms with Gasteiger partial charge in [-0.25, -0.2) is 4.39 Å². The molecule has 0 fully saturated rings. The van der Waals surface area contributed by atoms with Crippen molar-refractivity contribution in [3.05, 3.63) is 28.5 Å². The predicted molar refractivity (Wildman–Crippen MR) is 59.8 cm³/mol. The second-order valence-electron chi connectivity index (χ2n) is 3.01. The molecule has 4 nitrogen and oxygen atoms in total. The van der Waals surface area contributed by atoms with Gasteiger partial charge in [0.15, 0.2) is 0 Å². The van der Waals surface area contributed by atoms with E-state index in [1.807, 2.05) is 0 Å². The van der Waals surface area contributed by atoms with E-state index in [0.29, 0.717) is 0 Å². The van der Waals surface area contributed by atoms with Crippen molar-refractivity contribution in [2.45, 2.75) is 6.04 Å². The van der Waals surface area contributed by atoms with Crippen LogP contribution in [0.3, 0.4) is 0 Å². The Bertz CT molecular complexity index is 372. The highest BCUT2D eigenvalue weighted by Crippen LogP contribution is 2.19. The maximum Gasteiger partial charge on any atom is 0.236 e. The number of hydrogen-bond donors (Lipinski definition) is 3. The van der Waals surface area contributed by atoms with Gasteiger partial charge in [0.2, 0.25) is 5.91 Å². The molecule has 0 radical (unpaired) electrons. The number of primary amides is 1. The van der Waals surface area contributed by atoms with Crippen LogP contribution in [0.25, 0.3) is 0 Å². The Morgan fingerprint density at radius 1 is 1.60 bits per heavy atom. The topological polar surface area (TPSA) is 81.1 Å². The van der Waals surface area contributed by atoms with Crippen LogP contribution in [0.15, 0.2) is 22.7 Å². The van der Waals surface area contributed by atoms with Gasteiger partial charge in [0, 0.05) is 11.0 Å². The third kappa shape index (κ3) is 3.49. The number of benzene rings is 1. The number of nitrogens with one attached hydrogen (secondary N) is 1. The molecule has 0 heterocycles. The van der Waals surface area contributed by atoms with E-state index < -0.39 is 17.8 Å². The van der Waals surface area contributed by atoms with Crippen LogP contribution in [-0.4, -0.2) is 18.5 Å². The second kappa shape index (κ2) is 5.09. The normalized spacial score (nSPS) is 12.2. The van der Waals surface area contributed by atoms with Gasteiger partial charge < -0.3 is 16.8 Å². The lowest BCUT2D eigenvalue weighted by Crippen LogP contribution is -2.41. The number of carbonyl (C=O) groups excluding carboxylic acids is 1. The van der Waals surface area contributed by atoms with Gasteiger partial charge in [-0.2, -0.15) is 0 Å². The maximum absolute atomic E-state index is 13.2. The first-order valence-corrected chi connectivity index (χ1v) is 5.04. The van der Waals surface area contributed by atoms with E-state index in [4.69, 9.17) is 11.5 Å². The fraction of sp³-hybridized carbons (Fsp3) is 0.222. The Kier molecular flexibility index (Phi) is 4.05. The van der Waals surface area contributed by atoms with E-state index in [9.17, 15) is 9.18 Å². The van der Waals surface area contributed by atoms with Gasteiger partial charge in [0.25, 0.3) is 0 Å². The van der Waals surface area contributed by atoms with Crippen molar-refractivity contribution in [2.24, 2.45) is 11.5 Å². The minimum Gasteiger partial charge on any atom is -0.381 e. The maximum atomic E-state index is 13.2. The van der Waals surface area contributed by atoms with Crippen molar-refractivity contribution in [1.82, 2.24) is 0 Å². The zero-order chi connectivity index (χ0) is 11.4. The molecular formula is C9H11BrFN3O. The molecule has 0 aliphatic carbocycles. The molecule has 0 aromatic heterocycles. The van der Waals surface area contributed by atoms with Crippen molar-refractivity contribution in [2.75, 3.05) is 11.9 Å². The average molecular weight is 276 g/mol. The van der Waals surface area contributed by atoms with Crippen molar-refractivity contribution in [3.8, 4) is 0 Å². The zero-order valence-corrected chi connectivity index (χ0v) is 9.42. The van der Waals surface area contributed by atoms with Gasteiger partial charge in [0.05, 0.1) is 5.69 Å². The molecule has 0 saturated carbocycles. The molecule has 1 unspecified atom stereocenters. The molecule has 1 aromatic carbocycles. The first-order valence-electron chi connectivity index (χ1n) is 4.24. The van der Waals surface area contributed by atoms with E-state index in [-0.39, 0.29) is 12.2 Å². The van der Waals surface area contributed by atoms with Crippen molar-refractivity contribution in [1.29, 1.82) is 0 Å². The van der Waals surface area contributed by atoms with E-state index in [1.165, 1.54) is 6.07 Å². The summed E-state index contributed by atoms with van der Waals surface area (Å²) >= 11 is 3.20. The summed E-state index contributed by atoms with van der Waals surface area (Å²) in [4.78, 5) is 10.6. The number of hydrogen-bond acceptors (Lipinski definition) is 3. The molecule has 0 saturated heterocycles. The Balaban J connectivity index is 2.65. The Labute approximate surface area is 95.0 Å². The summed E-state index contributed by atoms with van der Waals surface area (Å²) in [6, 6.07) is 3.61. The molecule has 0 bridgehead atoms. The number of rotatable bonds is 4. The summed E-state index contributed by atoms with van der Waals surface area (Å²) in [6.45, 7) is 0.0999. The summed E-state index contributed by atoms with van der Waals surface area (Å²) in [5.74, 6) is -1.03. The van der Waals surface area contributed by atoms with Gasteiger partial charge in [0.1, 0.15) is 11.9 Å². The van der Waals surface area contributed by atoms with Crippen molar-refractivity contribution < 1.29 is 9.18 Å². The molecule has 0 aliphatic rings. The van der Waals surface area contributed by atoms with Crippen LogP contribution in [0, 0.1) is 5.82 Å². The second-order valence-corrected chi connectivity index (χ2v) is 3.93. The van der Waals surface area contributed by atoms with Gasteiger partial charge >= 0.3 is 0 Å². The van der Waals surface area contributed by atoms with Crippen LogP contribution in [0.1, 0.15) is 0 Å². The SMILES string of the molecule is NC(=O)C(N)CNc1cc(Br)ccc1F. The predicted octanol–water partition coefficient (Wildman–Crippen LogP) is 0.813. The minimum absolute atomic E-state index is 0.0999. The number of halogens is 2. The average Bonchev–Trinajstić information content (AvgIpc) is 2.18. The lowest BCUT2D eigenvalue weighted by molar-refractivity contribution is -0.118. The Morgan fingerprint density at radius 3 is 2.87 bits per heavy atom. The summed E-state index contributed by atoms with van der Waals surface area (Å²) < 4.78 is 13.9. The highest BCUT2D eigenvalue weighted by atomic mass is 79.9. The van der Waals surface area contributed by atoms with Crippen LogP contribution >= 0.6 is 15.9 Å². The highest BCUT2D eigenvalue weighted by molar-refractivity contribution is 9.10. The quantitative estimate of drug-likeness (QED) is 0.761. The van der Waals surface area contributed by atoms with Gasteiger partial charge in [-0.15, -0.1) is 0 Å². The van der Waals surface area contributed by atoms with E-state index in [1.54, 1.807) is 12.1 Å². The molecule has 1 atom stereocenters. The molecule has 0 spiro atoms. The van der Waals surface area contributed by atoms with Crippen molar-refractivity contribution in [3.63, 3.8) is 0 Å². The summed E-state index contributed by atoms with van der Waals surface area (Å²) in [7, 11) is 0. The first-order chi connectivity index (χ1) is 7.00. The minimum atomic E-state index is -0.830. The molecule has 0 aliphatic heterocycles. The molecule has 6 heteroatoms. The monoisotopic (exact) mass is 275 g/mol. The highest BCUT2D eigenvalue weighted by Gasteiger charge is 2.09. The fourth-order valence-corrected chi connectivity index (χ4v) is 1.31. The standard InChI is InChI=1S/C9H11BrFN3O/c10-5-1-2-6(11)8(3-5)14-4-7(12)9(13)15/h1-3,7,14H,4,12H2,(H2,13,15).